The van der Waals surface area contributed by atoms with Gasteiger partial charge in [0.15, 0.2) is 0 Å². The Hall–Kier alpha value is -3.81. The van der Waals surface area contributed by atoms with Crippen molar-refractivity contribution in [2.24, 2.45) is 0 Å². The molecule has 11 heteroatoms. The van der Waals surface area contributed by atoms with Gasteiger partial charge in [0, 0.05) is 12.1 Å². The third-order valence-corrected chi connectivity index (χ3v) is 4.61. The predicted octanol–water partition coefficient (Wildman–Crippen LogP) is 5.06. The molecule has 180 valence electrons. The molecule has 0 aliphatic heterocycles. The molecule has 0 bridgehead atoms. The van der Waals surface area contributed by atoms with Gasteiger partial charge >= 0.3 is 18.3 Å². The molecule has 1 atom stereocenters. The second kappa shape index (κ2) is 10.4. The largest absolute Gasteiger partial charge is 0.481 e. The number of carbonyl (C=O) groups is 3. The van der Waals surface area contributed by atoms with Crippen molar-refractivity contribution in [2.75, 3.05) is 5.32 Å². The molecule has 0 aliphatic rings. The van der Waals surface area contributed by atoms with Gasteiger partial charge in [-0.1, -0.05) is 18.1 Å². The van der Waals surface area contributed by atoms with Crippen LogP contribution in [0.25, 0.3) is 0 Å². The average molecular weight is 485 g/mol. The molecule has 0 radical (unpaired) electrons. The molecular formula is C23H17F6NO4. The Morgan fingerprint density at radius 1 is 0.971 bits per heavy atom. The zero-order valence-corrected chi connectivity index (χ0v) is 17.5. The Morgan fingerprint density at radius 2 is 1.59 bits per heavy atom. The van der Waals surface area contributed by atoms with Gasteiger partial charge in [0.25, 0.3) is 5.91 Å². The minimum absolute atomic E-state index is 0.0701. The molecule has 5 nitrogen and oxygen atoms in total. The van der Waals surface area contributed by atoms with Crippen LogP contribution >= 0.6 is 0 Å². The zero-order valence-electron chi connectivity index (χ0n) is 17.5. The Bertz CT molecular complexity index is 1140. The van der Waals surface area contributed by atoms with Crippen molar-refractivity contribution >= 4 is 23.3 Å². The fraction of sp³-hybridized carbons (Fsp3) is 0.261. The molecule has 0 saturated carbocycles. The number of Topliss-reactive ketones (excluding diaryl/α,β-unsaturated/α-hetero) is 1. The molecule has 0 aromatic heterocycles. The van der Waals surface area contributed by atoms with Crippen LogP contribution in [0.1, 0.15) is 41.5 Å². The van der Waals surface area contributed by atoms with Crippen molar-refractivity contribution in [2.45, 2.75) is 38.0 Å². The molecule has 0 saturated heterocycles. The second-order valence-electron chi connectivity index (χ2n) is 7.09. The minimum Gasteiger partial charge on any atom is -0.481 e. The summed E-state index contributed by atoms with van der Waals surface area (Å²) in [6, 6.07) is 6.23. The quantitative estimate of drug-likeness (QED) is 0.327. The summed E-state index contributed by atoms with van der Waals surface area (Å²) >= 11 is 0. The highest BCUT2D eigenvalue weighted by Crippen LogP contribution is 2.36. The molecule has 0 heterocycles. The van der Waals surface area contributed by atoms with Gasteiger partial charge in [-0.2, -0.15) is 26.3 Å². The first kappa shape index (κ1) is 26.4. The molecule has 2 N–H and O–H groups in total. The molecule has 2 rings (SSSR count). The summed E-state index contributed by atoms with van der Waals surface area (Å²) in [6.07, 6.45) is -11.4. The van der Waals surface area contributed by atoms with Crippen LogP contribution in [-0.4, -0.2) is 22.8 Å². The number of alkyl halides is 6. The topological polar surface area (TPSA) is 83.5 Å². The van der Waals surface area contributed by atoms with Crippen LogP contribution in [0.3, 0.4) is 0 Å². The summed E-state index contributed by atoms with van der Waals surface area (Å²) in [7, 11) is 0. The first-order valence-electron chi connectivity index (χ1n) is 9.58. The van der Waals surface area contributed by atoms with Crippen LogP contribution in [0, 0.1) is 11.8 Å². The number of carboxylic acid groups (broad SMARTS) is 1. The van der Waals surface area contributed by atoms with E-state index in [9.17, 15) is 40.7 Å². The van der Waals surface area contributed by atoms with Crippen LogP contribution < -0.4 is 5.32 Å². The number of hydrogen-bond acceptors (Lipinski definition) is 3. The summed E-state index contributed by atoms with van der Waals surface area (Å²) in [5.74, 6) is 0.916. The lowest BCUT2D eigenvalue weighted by Gasteiger charge is -2.15. The van der Waals surface area contributed by atoms with E-state index < -0.39 is 59.0 Å². The van der Waals surface area contributed by atoms with Crippen molar-refractivity contribution in [3.8, 4) is 11.8 Å². The van der Waals surface area contributed by atoms with Gasteiger partial charge in [-0.3, -0.25) is 14.4 Å². The normalized spacial score (nSPS) is 12.3. The number of benzene rings is 2. The second-order valence-corrected chi connectivity index (χ2v) is 7.09. The molecular weight excluding hydrogens is 468 g/mol. The highest BCUT2D eigenvalue weighted by atomic mass is 19.4. The highest BCUT2D eigenvalue weighted by Gasteiger charge is 2.37. The number of hydrogen-bond donors (Lipinski definition) is 2. The van der Waals surface area contributed by atoms with Crippen molar-refractivity contribution in [1.29, 1.82) is 0 Å². The molecule has 2 aromatic rings. The van der Waals surface area contributed by atoms with Crippen LogP contribution in [-0.2, 0) is 33.2 Å². The molecule has 1 amide bonds. The molecule has 0 unspecified atom stereocenters. The maximum absolute atomic E-state index is 13.2. The Kier molecular flexibility index (Phi) is 8.10. The summed E-state index contributed by atoms with van der Waals surface area (Å²) in [4.78, 5) is 35.3. The molecule has 34 heavy (non-hydrogen) atoms. The van der Waals surface area contributed by atoms with E-state index >= 15 is 0 Å². The highest BCUT2D eigenvalue weighted by molar-refractivity contribution is 6.41. The Balaban J connectivity index is 2.20. The standard InChI is InChI=1S/C23H17F6NO4/c1-2-3-14(12-20(32)33)13-4-7-17(8-5-13)30-21(34)19(31)11-15-10-16(22(24,25)26)6-9-18(15)23(27,28)29/h4-10,14H,11-12H2,1H3,(H,30,34)(H,32,33)/t14-/m1/s1. The van der Waals surface area contributed by atoms with E-state index in [2.05, 4.69) is 17.2 Å². The minimum atomic E-state index is -5.03. The maximum atomic E-state index is 13.2. The van der Waals surface area contributed by atoms with Crippen molar-refractivity contribution in [3.05, 3.63) is 64.7 Å². The number of carbonyl (C=O) groups excluding carboxylic acids is 2. The lowest BCUT2D eigenvalue weighted by molar-refractivity contribution is -0.142. The van der Waals surface area contributed by atoms with E-state index in [-0.39, 0.29) is 30.3 Å². The van der Waals surface area contributed by atoms with E-state index in [0.29, 0.717) is 5.56 Å². The number of rotatable bonds is 7. The van der Waals surface area contributed by atoms with Gasteiger partial charge in [0.2, 0.25) is 5.78 Å². The first-order chi connectivity index (χ1) is 15.7. The number of amides is 1. The Labute approximate surface area is 189 Å². The molecule has 2 aromatic carbocycles. The van der Waals surface area contributed by atoms with E-state index in [1.54, 1.807) is 0 Å². The lowest BCUT2D eigenvalue weighted by Crippen LogP contribution is -2.26. The van der Waals surface area contributed by atoms with Crippen LogP contribution in [0.4, 0.5) is 32.0 Å². The summed E-state index contributed by atoms with van der Waals surface area (Å²) < 4.78 is 78.2. The van der Waals surface area contributed by atoms with Gasteiger partial charge in [0.1, 0.15) is 0 Å². The SMILES string of the molecule is CC#C[C@H](CC(=O)O)c1ccc(NC(=O)C(=O)Cc2cc(C(F)(F)F)ccc2C(F)(F)F)cc1. The Morgan fingerprint density at radius 3 is 2.09 bits per heavy atom. The summed E-state index contributed by atoms with van der Waals surface area (Å²) in [5.41, 5.74) is -3.23. The fourth-order valence-electron chi connectivity index (χ4n) is 3.05. The predicted molar refractivity (Wildman–Crippen MR) is 109 cm³/mol. The molecule has 0 spiro atoms. The zero-order chi connectivity index (χ0) is 25.7. The van der Waals surface area contributed by atoms with Gasteiger partial charge in [0.05, 0.1) is 23.5 Å². The summed E-state index contributed by atoms with van der Waals surface area (Å²) in [5, 5.41) is 11.1. The summed E-state index contributed by atoms with van der Waals surface area (Å²) in [6.45, 7) is 1.53. The van der Waals surface area contributed by atoms with Crippen LogP contribution in [0.5, 0.6) is 0 Å². The number of nitrogens with one attached hydrogen (secondary N) is 1. The van der Waals surface area contributed by atoms with E-state index in [0.717, 1.165) is 0 Å². The van der Waals surface area contributed by atoms with Crippen molar-refractivity contribution in [1.82, 2.24) is 0 Å². The van der Waals surface area contributed by atoms with Crippen molar-refractivity contribution < 1.29 is 45.8 Å². The van der Waals surface area contributed by atoms with Gasteiger partial charge in [-0.25, -0.2) is 0 Å². The number of ketones is 1. The molecule has 0 fully saturated rings. The van der Waals surface area contributed by atoms with E-state index in [1.807, 2.05) is 0 Å². The third-order valence-electron chi connectivity index (χ3n) is 4.61. The number of halogens is 6. The fourth-order valence-corrected chi connectivity index (χ4v) is 3.05. The molecule has 0 aliphatic carbocycles. The van der Waals surface area contributed by atoms with Crippen molar-refractivity contribution in [3.63, 3.8) is 0 Å². The maximum Gasteiger partial charge on any atom is 0.416 e. The van der Waals surface area contributed by atoms with E-state index in [4.69, 9.17) is 5.11 Å². The average Bonchev–Trinajstić information content (AvgIpc) is 2.72. The van der Waals surface area contributed by atoms with E-state index in [1.165, 1.54) is 31.2 Å². The van der Waals surface area contributed by atoms with Crippen LogP contribution in [0.15, 0.2) is 42.5 Å². The first-order valence-corrected chi connectivity index (χ1v) is 9.58. The monoisotopic (exact) mass is 485 g/mol. The van der Waals surface area contributed by atoms with Gasteiger partial charge in [-0.05, 0) is 48.4 Å². The lowest BCUT2D eigenvalue weighted by atomic mass is 9.96. The third kappa shape index (κ3) is 7.10. The van der Waals surface area contributed by atoms with Crippen LogP contribution in [0.2, 0.25) is 0 Å². The van der Waals surface area contributed by atoms with Gasteiger partial charge < -0.3 is 10.4 Å². The smallest absolute Gasteiger partial charge is 0.416 e. The number of anilines is 1. The number of aliphatic carboxylic acids is 1. The van der Waals surface area contributed by atoms with Gasteiger partial charge in [-0.15, -0.1) is 5.92 Å². The number of carboxylic acids is 1.